The van der Waals surface area contributed by atoms with E-state index in [9.17, 15) is 9.59 Å². The monoisotopic (exact) mass is 452 g/mol. The van der Waals surface area contributed by atoms with E-state index in [0.717, 1.165) is 10.6 Å². The minimum absolute atomic E-state index is 0.106. The highest BCUT2D eigenvalue weighted by Crippen LogP contribution is 2.28. The lowest BCUT2D eigenvalue weighted by molar-refractivity contribution is -0.113. The summed E-state index contributed by atoms with van der Waals surface area (Å²) in [6.45, 7) is 0. The second-order valence-corrected chi connectivity index (χ2v) is 7.66. The molecule has 0 aliphatic heterocycles. The lowest BCUT2D eigenvalue weighted by Crippen LogP contribution is -2.14. The molecule has 3 aromatic rings. The van der Waals surface area contributed by atoms with Crippen molar-refractivity contribution in [3.8, 4) is 17.2 Å². The van der Waals surface area contributed by atoms with Gasteiger partial charge in [-0.3, -0.25) is 9.59 Å². The van der Waals surface area contributed by atoms with E-state index in [0.29, 0.717) is 28.4 Å². The Kier molecular flexibility index (Phi) is 7.99. The number of rotatable bonds is 9. The molecule has 3 aromatic carbocycles. The van der Waals surface area contributed by atoms with Crippen LogP contribution in [0, 0.1) is 0 Å². The fourth-order valence-corrected chi connectivity index (χ4v) is 3.53. The van der Waals surface area contributed by atoms with Crippen molar-refractivity contribution >= 4 is 35.0 Å². The first-order valence-electron chi connectivity index (χ1n) is 9.72. The van der Waals surface area contributed by atoms with Crippen molar-refractivity contribution in [2.45, 2.75) is 4.90 Å². The Balaban J connectivity index is 1.52. The van der Waals surface area contributed by atoms with Gasteiger partial charge >= 0.3 is 0 Å². The molecule has 0 radical (unpaired) electrons. The number of benzene rings is 3. The molecule has 0 aromatic heterocycles. The number of amides is 2. The van der Waals surface area contributed by atoms with Gasteiger partial charge in [0.25, 0.3) is 5.91 Å². The first-order valence-corrected chi connectivity index (χ1v) is 10.7. The summed E-state index contributed by atoms with van der Waals surface area (Å²) in [5.41, 5.74) is 1.82. The fraction of sp³-hybridized carbons (Fsp3) is 0.167. The molecule has 0 bridgehead atoms. The highest BCUT2D eigenvalue weighted by Gasteiger charge is 2.11. The van der Waals surface area contributed by atoms with Crippen LogP contribution in [0.15, 0.2) is 71.6 Å². The van der Waals surface area contributed by atoms with Crippen LogP contribution < -0.4 is 24.8 Å². The third-order valence-corrected chi connectivity index (χ3v) is 5.51. The second-order valence-electron chi connectivity index (χ2n) is 6.61. The van der Waals surface area contributed by atoms with Crippen molar-refractivity contribution in [1.29, 1.82) is 0 Å². The molecule has 8 heteroatoms. The van der Waals surface area contributed by atoms with Crippen molar-refractivity contribution in [3.63, 3.8) is 0 Å². The quantitative estimate of drug-likeness (QED) is 0.458. The van der Waals surface area contributed by atoms with Gasteiger partial charge in [0.15, 0.2) is 11.5 Å². The summed E-state index contributed by atoms with van der Waals surface area (Å²) >= 11 is 1.41. The zero-order valence-electron chi connectivity index (χ0n) is 18.0. The summed E-state index contributed by atoms with van der Waals surface area (Å²) in [5, 5.41) is 5.69. The molecule has 0 heterocycles. The Bertz CT molecular complexity index is 1070. The molecule has 0 saturated carbocycles. The van der Waals surface area contributed by atoms with Crippen LogP contribution in [0.3, 0.4) is 0 Å². The maximum absolute atomic E-state index is 12.5. The minimum Gasteiger partial charge on any atom is -0.497 e. The van der Waals surface area contributed by atoms with Crippen molar-refractivity contribution in [2.24, 2.45) is 0 Å². The van der Waals surface area contributed by atoms with E-state index < -0.39 is 0 Å². The number of carbonyl (C=O) groups excluding carboxylic acids is 2. The van der Waals surface area contributed by atoms with Gasteiger partial charge in [-0.2, -0.15) is 0 Å². The molecule has 0 fully saturated rings. The molecule has 0 aliphatic carbocycles. The molecule has 0 unspecified atom stereocenters. The highest BCUT2D eigenvalue weighted by atomic mass is 32.2. The van der Waals surface area contributed by atoms with Gasteiger partial charge in [0, 0.05) is 21.8 Å². The summed E-state index contributed by atoms with van der Waals surface area (Å²) in [6.07, 6.45) is 0. The van der Waals surface area contributed by atoms with Gasteiger partial charge in [0.1, 0.15) is 5.75 Å². The molecule has 3 rings (SSSR count). The van der Waals surface area contributed by atoms with E-state index in [1.165, 1.54) is 18.9 Å². The number of ether oxygens (including phenoxy) is 3. The van der Waals surface area contributed by atoms with Crippen LogP contribution in [0.25, 0.3) is 0 Å². The van der Waals surface area contributed by atoms with Crippen LogP contribution in [0.5, 0.6) is 17.2 Å². The van der Waals surface area contributed by atoms with E-state index in [2.05, 4.69) is 10.6 Å². The summed E-state index contributed by atoms with van der Waals surface area (Å²) in [6, 6.07) is 19.4. The van der Waals surface area contributed by atoms with Crippen LogP contribution >= 0.6 is 11.8 Å². The van der Waals surface area contributed by atoms with E-state index >= 15 is 0 Å². The molecule has 32 heavy (non-hydrogen) atoms. The van der Waals surface area contributed by atoms with Gasteiger partial charge in [-0.05, 0) is 66.7 Å². The normalized spacial score (nSPS) is 10.2. The van der Waals surface area contributed by atoms with Crippen LogP contribution in [-0.2, 0) is 4.79 Å². The lowest BCUT2D eigenvalue weighted by atomic mass is 10.2. The highest BCUT2D eigenvalue weighted by molar-refractivity contribution is 8.00. The Labute approximate surface area is 191 Å². The van der Waals surface area contributed by atoms with Crippen LogP contribution in [0.2, 0.25) is 0 Å². The fourth-order valence-electron chi connectivity index (χ4n) is 2.84. The molecular weight excluding hydrogens is 428 g/mol. The summed E-state index contributed by atoms with van der Waals surface area (Å²) in [5.74, 6) is 1.68. The van der Waals surface area contributed by atoms with Gasteiger partial charge in [0.05, 0.1) is 27.1 Å². The number of nitrogens with one attached hydrogen (secondary N) is 2. The van der Waals surface area contributed by atoms with Gasteiger partial charge in [-0.1, -0.05) is 0 Å². The first kappa shape index (κ1) is 23.0. The first-order chi connectivity index (χ1) is 15.5. The average molecular weight is 453 g/mol. The molecule has 2 N–H and O–H groups in total. The second kappa shape index (κ2) is 11.1. The van der Waals surface area contributed by atoms with Crippen molar-refractivity contribution in [3.05, 3.63) is 72.3 Å². The molecule has 0 spiro atoms. The summed E-state index contributed by atoms with van der Waals surface area (Å²) < 4.78 is 15.5. The summed E-state index contributed by atoms with van der Waals surface area (Å²) in [7, 11) is 4.66. The average Bonchev–Trinajstić information content (AvgIpc) is 2.83. The molecule has 7 nitrogen and oxygen atoms in total. The predicted octanol–water partition coefficient (Wildman–Crippen LogP) is 4.70. The van der Waals surface area contributed by atoms with Crippen molar-refractivity contribution < 1.29 is 23.8 Å². The van der Waals surface area contributed by atoms with Gasteiger partial charge in [-0.15, -0.1) is 11.8 Å². The largest absolute Gasteiger partial charge is 0.497 e. The third-order valence-electron chi connectivity index (χ3n) is 4.50. The number of hydrogen-bond donors (Lipinski definition) is 2. The van der Waals surface area contributed by atoms with Crippen LogP contribution in [-0.4, -0.2) is 38.9 Å². The Morgan fingerprint density at radius 3 is 2.00 bits per heavy atom. The number of anilines is 2. The number of methoxy groups -OCH3 is 3. The van der Waals surface area contributed by atoms with Gasteiger partial charge < -0.3 is 24.8 Å². The molecule has 0 atom stereocenters. The lowest BCUT2D eigenvalue weighted by Gasteiger charge is -2.10. The maximum Gasteiger partial charge on any atom is 0.255 e. The molecule has 0 saturated heterocycles. The molecule has 166 valence electrons. The van der Waals surface area contributed by atoms with Crippen molar-refractivity contribution in [1.82, 2.24) is 0 Å². The topological polar surface area (TPSA) is 85.9 Å². The minimum atomic E-state index is -0.259. The van der Waals surface area contributed by atoms with E-state index in [1.54, 1.807) is 68.8 Å². The third kappa shape index (κ3) is 6.18. The molecule has 0 aliphatic rings. The maximum atomic E-state index is 12.5. The Morgan fingerprint density at radius 2 is 1.38 bits per heavy atom. The van der Waals surface area contributed by atoms with E-state index in [1.807, 2.05) is 12.1 Å². The zero-order valence-corrected chi connectivity index (χ0v) is 18.8. The number of hydrogen-bond acceptors (Lipinski definition) is 6. The van der Waals surface area contributed by atoms with Gasteiger partial charge in [0.2, 0.25) is 5.91 Å². The van der Waals surface area contributed by atoms with Gasteiger partial charge in [-0.25, -0.2) is 0 Å². The van der Waals surface area contributed by atoms with Crippen LogP contribution in [0.4, 0.5) is 11.4 Å². The van der Waals surface area contributed by atoms with Crippen LogP contribution in [0.1, 0.15) is 10.4 Å². The summed E-state index contributed by atoms with van der Waals surface area (Å²) in [4.78, 5) is 25.6. The SMILES string of the molecule is COc1ccc(NC(=O)CSc2ccc(NC(=O)c3ccc(OC)c(OC)c3)cc2)cc1. The van der Waals surface area contributed by atoms with E-state index in [4.69, 9.17) is 14.2 Å². The predicted molar refractivity (Wildman–Crippen MR) is 126 cm³/mol. The standard InChI is InChI=1S/C24H24N2O5S/c1-29-19-9-5-17(6-10-19)25-23(27)15-32-20-11-7-18(8-12-20)26-24(28)16-4-13-21(30-2)22(14-16)31-3/h4-14H,15H2,1-3H3,(H,25,27)(H,26,28). The number of thioether (sulfide) groups is 1. The van der Waals surface area contributed by atoms with E-state index in [-0.39, 0.29) is 17.6 Å². The van der Waals surface area contributed by atoms with Crippen molar-refractivity contribution in [2.75, 3.05) is 37.7 Å². The number of carbonyl (C=O) groups is 2. The Morgan fingerprint density at radius 1 is 0.750 bits per heavy atom. The Hall–Kier alpha value is -3.65. The smallest absolute Gasteiger partial charge is 0.255 e. The zero-order chi connectivity index (χ0) is 22.9. The molecule has 2 amide bonds. The molecular formula is C24H24N2O5S.